The Morgan fingerprint density at radius 1 is 0.149 bits per heavy atom. The van der Waals surface area contributed by atoms with Crippen LogP contribution >= 0.6 is 0 Å². The Kier molecular flexibility index (Phi) is 20.5. The summed E-state index contributed by atoms with van der Waals surface area (Å²) >= 11 is 0.294. The van der Waals surface area contributed by atoms with Gasteiger partial charge in [0.2, 0.25) is 0 Å². The van der Waals surface area contributed by atoms with Crippen molar-refractivity contribution in [3.8, 4) is 136 Å². The van der Waals surface area contributed by atoms with Gasteiger partial charge >= 0.3 is 794 Å². The van der Waals surface area contributed by atoms with Gasteiger partial charge in [-0.3, -0.25) is 0 Å². The van der Waals surface area contributed by atoms with Gasteiger partial charge in [-0.05, 0) is 0 Å². The molecule has 0 amide bonds. The first kappa shape index (κ1) is 80.0. The van der Waals surface area contributed by atoms with E-state index in [2.05, 4.69) is 322 Å². The number of hydrogen-bond donors (Lipinski definition) is 0. The number of para-hydroxylation sites is 1. The second-order valence-electron chi connectivity index (χ2n) is 33.3. The van der Waals surface area contributed by atoms with E-state index in [1.165, 1.54) is 134 Å². The van der Waals surface area contributed by atoms with Gasteiger partial charge in [-0.25, -0.2) is 0 Å². The Labute approximate surface area is 787 Å². The zero-order valence-corrected chi connectivity index (χ0v) is 76.9. The van der Waals surface area contributed by atoms with Crippen LogP contribution in [0.4, 0.5) is 0 Å². The number of hydrogen-bond acceptors (Lipinski definition) is 10. The summed E-state index contributed by atoms with van der Waals surface area (Å²) in [5.41, 5.74) is 18.2. The fraction of sp³-hybridized carbons (Fsp3) is 0. The van der Waals surface area contributed by atoms with E-state index in [0.717, 1.165) is 83.7 Å². The molecule has 7 heterocycles. The van der Waals surface area contributed by atoms with Crippen LogP contribution in [0.3, 0.4) is 0 Å². The van der Waals surface area contributed by atoms with Crippen molar-refractivity contribution >= 4 is 166 Å². The van der Waals surface area contributed by atoms with E-state index in [1.54, 1.807) is 0 Å². The molecule has 134 heavy (non-hydrogen) atoms. The van der Waals surface area contributed by atoms with E-state index in [-0.39, 0.29) is 43.5 Å². The molecule has 0 unspecified atom stereocenters. The average Bonchev–Trinajstić information content (AvgIpc) is 1.68. The molecule has 626 valence electrons. The Balaban J connectivity index is 0.000000108. The number of rotatable bonds is 12. The predicted octanol–water partition coefficient (Wildman–Crippen LogP) is 30.2. The number of fused-ring (bicyclic) bond motifs is 17. The van der Waals surface area contributed by atoms with Crippen LogP contribution in [-0.4, -0.2) is 88.4 Å². The molecule has 27 aromatic rings. The van der Waals surface area contributed by atoms with Crippen LogP contribution < -0.4 is 0 Å². The molecule has 0 aliphatic carbocycles. The molecule has 0 N–H and O–H groups in total. The number of nitrogens with zero attached hydrogens (tertiary/aromatic N) is 9. The van der Waals surface area contributed by atoms with Crippen LogP contribution in [0.15, 0.2) is 447 Å². The van der Waals surface area contributed by atoms with Crippen molar-refractivity contribution in [1.82, 2.24) is 44.9 Å². The molecule has 0 aliphatic heterocycles. The quantitative estimate of drug-likeness (QED) is 0.0861. The summed E-state index contributed by atoms with van der Waals surface area (Å²) in [5, 5.41) is 19.9. The van der Waals surface area contributed by atoms with Crippen LogP contribution in [0.25, 0.3) is 259 Å². The third-order valence-corrected chi connectivity index (χ3v) is 33.0. The van der Waals surface area contributed by atoms with Crippen LogP contribution in [-0.2, 0) is 0 Å². The zero-order chi connectivity index (χ0) is 88.5. The predicted molar refractivity (Wildman–Crippen MR) is 558 cm³/mol. The normalized spacial score (nSPS) is 11.6. The van der Waals surface area contributed by atoms with Crippen molar-refractivity contribution in [2.75, 3.05) is 0 Å². The van der Waals surface area contributed by atoms with E-state index in [9.17, 15) is 0 Å². The van der Waals surface area contributed by atoms with E-state index in [1.807, 2.05) is 121 Å². The Morgan fingerprint density at radius 3 is 1.02 bits per heavy atom. The third-order valence-electron chi connectivity index (χ3n) is 25.2. The second kappa shape index (κ2) is 34.3. The van der Waals surface area contributed by atoms with Gasteiger partial charge in [-0.2, -0.15) is 0 Å². The summed E-state index contributed by atoms with van der Waals surface area (Å²) in [5.74, 6) is 6.15. The fourth-order valence-corrected chi connectivity index (χ4v) is 26.6. The second-order valence-corrected chi connectivity index (χ2v) is 39.9. The summed E-state index contributed by atoms with van der Waals surface area (Å²) in [6, 6.07) is 156. The van der Waals surface area contributed by atoms with Crippen molar-refractivity contribution in [2.24, 2.45) is 0 Å². The molecular formula is C121H73N9OSe3. The minimum absolute atomic E-state index is 0.0456. The molecule has 20 aromatic carbocycles. The fourth-order valence-electron chi connectivity index (χ4n) is 18.7. The molecule has 0 atom stereocenters. The summed E-state index contributed by atoms with van der Waals surface area (Å²) in [4.78, 5) is 45.4. The van der Waals surface area contributed by atoms with Gasteiger partial charge in [0.25, 0.3) is 0 Å². The van der Waals surface area contributed by atoms with Crippen LogP contribution in [0, 0.1) is 0 Å². The van der Waals surface area contributed by atoms with Gasteiger partial charge in [0.15, 0.2) is 0 Å². The zero-order valence-electron chi connectivity index (χ0n) is 71.8. The maximum atomic E-state index is 6.24. The Hall–Kier alpha value is -16.2. The molecule has 0 radical (unpaired) electrons. The first-order valence-corrected chi connectivity index (χ1v) is 49.7. The maximum absolute atomic E-state index is 6.24. The van der Waals surface area contributed by atoms with Gasteiger partial charge in [0.05, 0.1) is 0 Å². The summed E-state index contributed by atoms with van der Waals surface area (Å²) in [7, 11) is 0. The molecule has 0 saturated heterocycles. The average molecular weight is 1910 g/mol. The molecule has 0 saturated carbocycles. The summed E-state index contributed by atoms with van der Waals surface area (Å²) in [6.07, 6.45) is 0. The van der Waals surface area contributed by atoms with E-state index in [0.29, 0.717) is 40.8 Å². The SMILES string of the molecule is c1ccc(-c2nc(-c3cccc4c3[se]c3c(-c5ccc6ccccc6c5)cccc34)nc(-c3cccc4oc5ccccc5c34)n2)cc1.c1ccc(-c2nc(-c3ccccc3)nc(-c3cccc4c3[se]c3cc(-c5ccc6ccccc6c5)ccc34)n2)cc1.c1ccc(-c2nc(-c3ccccc3)nc(-c3cccc4c3[se]c3ccc(-c5cc6ccccc6c6ccccc56)cc34)n2)cc1. The summed E-state index contributed by atoms with van der Waals surface area (Å²) in [6.45, 7) is 0. The topological polar surface area (TPSA) is 129 Å². The van der Waals surface area contributed by atoms with Crippen molar-refractivity contribution in [2.45, 2.75) is 0 Å². The number of aromatic nitrogens is 9. The molecule has 13 heteroatoms. The molecular weight excluding hydrogens is 1830 g/mol. The standard InChI is InChI=1S/C43H25N3OSe.C41H25N3Se.C37H23N3Se/c1-2-12-27(13-3-1)41-44-42(34-19-10-22-37-38(34)33-15-6-7-21-36(33)47-37)46-43(45-41)35-20-9-18-32-31-17-8-16-30(39(31)48-40(32)35)29-24-23-26-11-4-5-14-28(26)25-29;1-3-12-26(13-4-1)39-42-40(27-14-5-2-6-15-27)44-41(43-39)34-21-11-20-33-36-25-29(22-23-37(36)45-38(33)34)35-24-28-16-7-8-17-30(28)31-18-9-10-19-32(31)35;1-3-11-25(12-4-1)35-38-36(26-13-5-2-6-14-26)40-37(39-35)32-17-9-16-31-30-21-20-29(23-33(30)41-34(31)32)28-19-18-24-10-7-8-15-27(24)22-28/h1-25H;1-25H;1-23H. The van der Waals surface area contributed by atoms with Gasteiger partial charge in [0.1, 0.15) is 0 Å². The minimum atomic E-state index is 0.0456. The van der Waals surface area contributed by atoms with Crippen molar-refractivity contribution in [3.63, 3.8) is 0 Å². The van der Waals surface area contributed by atoms with Crippen molar-refractivity contribution in [3.05, 3.63) is 443 Å². The van der Waals surface area contributed by atoms with E-state index >= 15 is 0 Å². The van der Waals surface area contributed by atoms with Gasteiger partial charge < -0.3 is 0 Å². The molecule has 0 bridgehead atoms. The monoisotopic (exact) mass is 1910 g/mol. The molecule has 0 fully saturated rings. The van der Waals surface area contributed by atoms with Crippen LogP contribution in [0.2, 0.25) is 0 Å². The van der Waals surface area contributed by atoms with Gasteiger partial charge in [-0.1, -0.05) is 0 Å². The molecule has 27 rings (SSSR count). The van der Waals surface area contributed by atoms with Gasteiger partial charge in [0, 0.05) is 0 Å². The van der Waals surface area contributed by atoms with Crippen molar-refractivity contribution < 1.29 is 4.42 Å². The Morgan fingerprint density at radius 2 is 0.485 bits per heavy atom. The van der Waals surface area contributed by atoms with Crippen LogP contribution in [0.1, 0.15) is 0 Å². The molecule has 10 nitrogen and oxygen atoms in total. The number of furan rings is 1. The molecule has 0 spiro atoms. The first-order chi connectivity index (χ1) is 66.4. The number of benzene rings is 20. The Bertz CT molecular complexity index is 9170. The van der Waals surface area contributed by atoms with Gasteiger partial charge in [-0.15, -0.1) is 0 Å². The van der Waals surface area contributed by atoms with Crippen LogP contribution in [0.5, 0.6) is 0 Å². The summed E-state index contributed by atoms with van der Waals surface area (Å²) < 4.78 is 14.4. The first-order valence-electron chi connectivity index (χ1n) is 44.6. The third kappa shape index (κ3) is 14.8. The molecule has 7 aromatic heterocycles. The molecule has 0 aliphatic rings. The van der Waals surface area contributed by atoms with E-state index in [4.69, 9.17) is 49.3 Å². The van der Waals surface area contributed by atoms with E-state index < -0.39 is 0 Å². The van der Waals surface area contributed by atoms with Crippen molar-refractivity contribution in [1.29, 1.82) is 0 Å².